The fourth-order valence-corrected chi connectivity index (χ4v) is 3.37. The third-order valence-electron chi connectivity index (χ3n) is 4.67. The van der Waals surface area contributed by atoms with Crippen molar-refractivity contribution >= 4 is 28.3 Å². The van der Waals surface area contributed by atoms with Gasteiger partial charge in [-0.3, -0.25) is 9.78 Å². The molecule has 4 rings (SSSR count). The van der Waals surface area contributed by atoms with Gasteiger partial charge in [-0.1, -0.05) is 0 Å². The number of nitrogens with one attached hydrogen (secondary N) is 2. The Morgan fingerprint density at radius 3 is 2.93 bits per heavy atom. The lowest BCUT2D eigenvalue weighted by Crippen LogP contribution is -2.43. The number of aryl methyl sites for hydroxylation is 1. The van der Waals surface area contributed by atoms with Gasteiger partial charge in [0, 0.05) is 31.5 Å². The second-order valence-electron chi connectivity index (χ2n) is 6.73. The summed E-state index contributed by atoms with van der Waals surface area (Å²) in [5.41, 5.74) is 8.31. The summed E-state index contributed by atoms with van der Waals surface area (Å²) in [4.78, 5) is 29.7. The largest absolute Gasteiger partial charge is 0.367 e. The molecule has 1 aliphatic heterocycles. The number of fused-ring (bicyclic) bond motifs is 1. The van der Waals surface area contributed by atoms with Crippen molar-refractivity contribution < 1.29 is 9.18 Å². The van der Waals surface area contributed by atoms with Gasteiger partial charge in [-0.15, -0.1) is 0 Å². The Balaban J connectivity index is 1.72. The minimum Gasteiger partial charge on any atom is -0.367 e. The maximum atomic E-state index is 14.7. The second-order valence-corrected chi connectivity index (χ2v) is 6.73. The molecule has 1 amide bonds. The third kappa shape index (κ3) is 3.33. The van der Waals surface area contributed by atoms with E-state index in [0.29, 0.717) is 41.2 Å². The zero-order chi connectivity index (χ0) is 19.0. The summed E-state index contributed by atoms with van der Waals surface area (Å²) in [6, 6.07) is -0.0128. The van der Waals surface area contributed by atoms with E-state index in [9.17, 15) is 9.18 Å². The molecule has 9 heteroatoms. The summed E-state index contributed by atoms with van der Waals surface area (Å²) >= 11 is 0. The Kier molecular flexibility index (Phi) is 4.44. The molecule has 8 nitrogen and oxygen atoms in total. The van der Waals surface area contributed by atoms with E-state index >= 15 is 0 Å². The number of carbonyl (C=O) groups is 1. The van der Waals surface area contributed by atoms with Crippen LogP contribution in [0.1, 0.15) is 29.0 Å². The fourth-order valence-electron chi connectivity index (χ4n) is 3.37. The average Bonchev–Trinajstić information content (AvgIpc) is 3.05. The SMILES string of the molecule is Cc1cnc(C(=O)Nc2c[nH]c3ncc(F)c(N4CCC[C@@H](N)C4)c23)cn1. The van der Waals surface area contributed by atoms with E-state index in [2.05, 4.69) is 25.3 Å². The van der Waals surface area contributed by atoms with Crippen molar-refractivity contribution in [2.75, 3.05) is 23.3 Å². The first-order valence-corrected chi connectivity index (χ1v) is 8.79. The highest BCUT2D eigenvalue weighted by atomic mass is 19.1. The van der Waals surface area contributed by atoms with Crippen molar-refractivity contribution in [3.8, 4) is 0 Å². The van der Waals surface area contributed by atoms with Crippen molar-refractivity contribution in [2.45, 2.75) is 25.8 Å². The number of piperidine rings is 1. The van der Waals surface area contributed by atoms with Gasteiger partial charge in [0.1, 0.15) is 11.3 Å². The van der Waals surface area contributed by atoms with Crippen LogP contribution in [0.4, 0.5) is 15.8 Å². The van der Waals surface area contributed by atoms with Crippen LogP contribution in [-0.4, -0.2) is 45.0 Å². The molecule has 0 aliphatic carbocycles. The zero-order valence-corrected chi connectivity index (χ0v) is 14.9. The predicted octanol–water partition coefficient (Wildman–Crippen LogP) is 1.98. The average molecular weight is 369 g/mol. The molecule has 0 bridgehead atoms. The van der Waals surface area contributed by atoms with Crippen LogP contribution in [0.15, 0.2) is 24.8 Å². The van der Waals surface area contributed by atoms with E-state index in [1.54, 1.807) is 13.1 Å². The van der Waals surface area contributed by atoms with E-state index in [1.165, 1.54) is 18.6 Å². The van der Waals surface area contributed by atoms with Gasteiger partial charge in [-0.25, -0.2) is 14.4 Å². The van der Waals surface area contributed by atoms with Crippen molar-refractivity contribution in [3.63, 3.8) is 0 Å². The Morgan fingerprint density at radius 2 is 2.19 bits per heavy atom. The quantitative estimate of drug-likeness (QED) is 0.651. The molecule has 4 heterocycles. The number of hydrogen-bond donors (Lipinski definition) is 3. The van der Waals surface area contributed by atoms with E-state index in [4.69, 9.17) is 5.73 Å². The van der Waals surface area contributed by atoms with Gasteiger partial charge >= 0.3 is 0 Å². The van der Waals surface area contributed by atoms with Gasteiger partial charge in [0.15, 0.2) is 5.82 Å². The van der Waals surface area contributed by atoms with Crippen LogP contribution in [0.5, 0.6) is 0 Å². The van der Waals surface area contributed by atoms with Crippen molar-refractivity contribution in [2.24, 2.45) is 5.73 Å². The van der Waals surface area contributed by atoms with Crippen LogP contribution in [0.25, 0.3) is 11.0 Å². The number of anilines is 2. The highest BCUT2D eigenvalue weighted by molar-refractivity contribution is 6.10. The zero-order valence-electron chi connectivity index (χ0n) is 14.9. The summed E-state index contributed by atoms with van der Waals surface area (Å²) in [6.45, 7) is 3.04. The Labute approximate surface area is 155 Å². The highest BCUT2D eigenvalue weighted by Gasteiger charge is 2.25. The molecule has 1 aliphatic rings. The lowest BCUT2D eigenvalue weighted by molar-refractivity contribution is 0.102. The number of halogens is 1. The lowest BCUT2D eigenvalue weighted by atomic mass is 10.1. The number of carbonyl (C=O) groups excluding carboxylic acids is 1. The first kappa shape index (κ1) is 17.3. The first-order valence-electron chi connectivity index (χ1n) is 8.79. The molecule has 3 aromatic heterocycles. The number of nitrogens with two attached hydrogens (primary N) is 1. The fraction of sp³-hybridized carbons (Fsp3) is 0.333. The minimum atomic E-state index is -0.443. The second kappa shape index (κ2) is 6.92. The molecule has 0 aromatic carbocycles. The van der Waals surface area contributed by atoms with E-state index in [1.807, 2.05) is 4.90 Å². The van der Waals surface area contributed by atoms with Gasteiger partial charge in [0.25, 0.3) is 5.91 Å². The molecule has 1 atom stereocenters. The van der Waals surface area contributed by atoms with Gasteiger partial charge in [-0.05, 0) is 19.8 Å². The molecule has 0 spiro atoms. The van der Waals surface area contributed by atoms with Crippen molar-refractivity contribution in [1.82, 2.24) is 19.9 Å². The molecular formula is C18H20FN7O. The molecule has 1 saturated heterocycles. The number of H-pyrrole nitrogens is 1. The number of aromatic amines is 1. The molecular weight excluding hydrogens is 349 g/mol. The number of aromatic nitrogens is 4. The molecule has 27 heavy (non-hydrogen) atoms. The Bertz CT molecular complexity index is 985. The smallest absolute Gasteiger partial charge is 0.275 e. The summed E-state index contributed by atoms with van der Waals surface area (Å²) in [6.07, 6.45) is 7.51. The molecule has 4 N–H and O–H groups in total. The monoisotopic (exact) mass is 369 g/mol. The number of rotatable bonds is 3. The van der Waals surface area contributed by atoms with Gasteiger partial charge in [0.05, 0.1) is 34.8 Å². The predicted molar refractivity (Wildman–Crippen MR) is 100 cm³/mol. The van der Waals surface area contributed by atoms with Crippen LogP contribution in [0, 0.1) is 12.7 Å². The standard InChI is InChI=1S/C18H20FN7O/c1-10-5-22-14(8-21-10)18(27)25-13-7-24-17-15(13)16(12(19)6-23-17)26-4-2-3-11(20)9-26/h5-8,11H,2-4,9,20H2,1H3,(H,23,24)(H,25,27)/t11-/m1/s1. The van der Waals surface area contributed by atoms with E-state index < -0.39 is 11.7 Å². The van der Waals surface area contributed by atoms with Gasteiger partial charge in [0.2, 0.25) is 0 Å². The molecule has 0 saturated carbocycles. The summed E-state index contributed by atoms with van der Waals surface area (Å²) < 4.78 is 14.7. The summed E-state index contributed by atoms with van der Waals surface area (Å²) in [7, 11) is 0. The number of amides is 1. The number of pyridine rings is 1. The normalized spacial score (nSPS) is 17.3. The van der Waals surface area contributed by atoms with Gasteiger partial charge < -0.3 is 20.9 Å². The topological polar surface area (TPSA) is 113 Å². The Hall–Kier alpha value is -3.07. The highest BCUT2D eigenvalue weighted by Crippen LogP contribution is 2.35. The van der Waals surface area contributed by atoms with Crippen LogP contribution >= 0.6 is 0 Å². The molecule has 0 radical (unpaired) electrons. The van der Waals surface area contributed by atoms with Crippen LogP contribution in [0.3, 0.4) is 0 Å². The van der Waals surface area contributed by atoms with Crippen LogP contribution < -0.4 is 16.0 Å². The molecule has 1 fully saturated rings. The minimum absolute atomic E-state index is 0.0128. The maximum absolute atomic E-state index is 14.7. The lowest BCUT2D eigenvalue weighted by Gasteiger charge is -2.33. The Morgan fingerprint density at radius 1 is 1.33 bits per heavy atom. The first-order chi connectivity index (χ1) is 13.0. The third-order valence-corrected chi connectivity index (χ3v) is 4.67. The summed E-state index contributed by atoms with van der Waals surface area (Å²) in [5.74, 6) is -0.865. The van der Waals surface area contributed by atoms with E-state index in [0.717, 1.165) is 12.8 Å². The van der Waals surface area contributed by atoms with Crippen LogP contribution in [-0.2, 0) is 0 Å². The molecule has 140 valence electrons. The van der Waals surface area contributed by atoms with Crippen LogP contribution in [0.2, 0.25) is 0 Å². The number of hydrogen-bond acceptors (Lipinski definition) is 6. The molecule has 3 aromatic rings. The van der Waals surface area contributed by atoms with Crippen molar-refractivity contribution in [3.05, 3.63) is 42.0 Å². The van der Waals surface area contributed by atoms with Crippen molar-refractivity contribution in [1.29, 1.82) is 0 Å². The van der Waals surface area contributed by atoms with E-state index in [-0.39, 0.29) is 11.7 Å². The maximum Gasteiger partial charge on any atom is 0.275 e. The summed E-state index contributed by atoms with van der Waals surface area (Å²) in [5, 5.41) is 3.31. The number of nitrogens with zero attached hydrogens (tertiary/aromatic N) is 4. The van der Waals surface area contributed by atoms with Gasteiger partial charge in [-0.2, -0.15) is 0 Å². The molecule has 0 unspecified atom stereocenters.